The van der Waals surface area contributed by atoms with Gasteiger partial charge in [0.2, 0.25) is 0 Å². The summed E-state index contributed by atoms with van der Waals surface area (Å²) in [6.45, 7) is 6.43. The molecule has 2 aromatic carbocycles. The molecule has 0 spiro atoms. The highest BCUT2D eigenvalue weighted by Crippen LogP contribution is 2.36. The van der Waals surface area contributed by atoms with Gasteiger partial charge < -0.3 is 9.84 Å². The van der Waals surface area contributed by atoms with Gasteiger partial charge in [0, 0.05) is 23.7 Å². The Balaban J connectivity index is 2.04. The number of nitrogens with zero attached hydrogens (tertiary/aromatic N) is 1. The van der Waals surface area contributed by atoms with Crippen LogP contribution in [0.1, 0.15) is 44.4 Å². The van der Waals surface area contributed by atoms with E-state index in [2.05, 4.69) is 32.2 Å². The minimum atomic E-state index is -0.399. The van der Waals surface area contributed by atoms with Crippen molar-refractivity contribution in [1.82, 2.24) is 5.32 Å². The topological polar surface area (TPSA) is 53.8 Å². The molecule has 4 heteroatoms. The van der Waals surface area contributed by atoms with Gasteiger partial charge in [-0.05, 0) is 36.6 Å². The third kappa shape index (κ3) is 3.54. The molecule has 1 aliphatic rings. The van der Waals surface area contributed by atoms with Crippen LogP contribution in [0.3, 0.4) is 0 Å². The van der Waals surface area contributed by atoms with E-state index in [-0.39, 0.29) is 6.04 Å². The second-order valence-corrected chi connectivity index (χ2v) is 7.05. The van der Waals surface area contributed by atoms with Gasteiger partial charge in [-0.1, -0.05) is 44.2 Å². The van der Waals surface area contributed by atoms with Gasteiger partial charge >= 0.3 is 0 Å². The maximum absolute atomic E-state index is 10.3. The molecule has 2 atom stereocenters. The van der Waals surface area contributed by atoms with E-state index >= 15 is 0 Å². The number of rotatable bonds is 4. The van der Waals surface area contributed by atoms with E-state index in [9.17, 15) is 5.11 Å². The normalized spacial score (nSPS) is 23.4. The summed E-state index contributed by atoms with van der Waals surface area (Å²) in [5.74, 6) is 1.45. The SMILES string of the molecule is COc1cccc(C2=NC(C)(C(C)C)NC(c3ccccc3O)C2)c1. The van der Waals surface area contributed by atoms with Gasteiger partial charge in [-0.2, -0.15) is 0 Å². The molecule has 0 saturated carbocycles. The molecule has 2 unspecified atom stereocenters. The summed E-state index contributed by atoms with van der Waals surface area (Å²) in [4.78, 5) is 5.03. The number of methoxy groups -OCH3 is 1. The Morgan fingerprint density at radius 1 is 1.20 bits per heavy atom. The van der Waals surface area contributed by atoms with Gasteiger partial charge in [0.15, 0.2) is 0 Å². The third-order valence-electron chi connectivity index (χ3n) is 5.07. The monoisotopic (exact) mass is 338 g/mol. The number of aromatic hydroxyl groups is 1. The Kier molecular flexibility index (Phi) is 4.82. The van der Waals surface area contributed by atoms with Gasteiger partial charge in [0.05, 0.1) is 7.11 Å². The Labute approximate surface area is 149 Å². The first-order chi connectivity index (χ1) is 11.9. The summed E-state index contributed by atoms with van der Waals surface area (Å²) in [5, 5.41) is 13.9. The molecule has 0 aliphatic carbocycles. The first kappa shape index (κ1) is 17.5. The van der Waals surface area contributed by atoms with Crippen molar-refractivity contribution in [3.63, 3.8) is 0 Å². The third-order valence-corrected chi connectivity index (χ3v) is 5.07. The molecule has 3 rings (SSSR count). The predicted molar refractivity (Wildman–Crippen MR) is 101 cm³/mol. The Morgan fingerprint density at radius 2 is 1.96 bits per heavy atom. The van der Waals surface area contributed by atoms with Gasteiger partial charge in [0.1, 0.15) is 17.2 Å². The van der Waals surface area contributed by atoms with Gasteiger partial charge in [-0.15, -0.1) is 0 Å². The van der Waals surface area contributed by atoms with Crippen LogP contribution in [0.2, 0.25) is 0 Å². The van der Waals surface area contributed by atoms with Gasteiger partial charge in [-0.3, -0.25) is 10.3 Å². The number of hydrogen-bond acceptors (Lipinski definition) is 4. The van der Waals surface area contributed by atoms with Crippen molar-refractivity contribution in [1.29, 1.82) is 0 Å². The lowest BCUT2D eigenvalue weighted by molar-refractivity contribution is 0.229. The second kappa shape index (κ2) is 6.89. The van der Waals surface area contributed by atoms with Crippen LogP contribution in [-0.4, -0.2) is 23.6 Å². The largest absolute Gasteiger partial charge is 0.508 e. The first-order valence-corrected chi connectivity index (χ1v) is 8.71. The maximum Gasteiger partial charge on any atom is 0.120 e. The fourth-order valence-corrected chi connectivity index (χ4v) is 3.21. The molecule has 0 amide bonds. The Hall–Kier alpha value is -2.33. The molecule has 2 aromatic rings. The molecule has 1 aliphatic heterocycles. The summed E-state index contributed by atoms with van der Waals surface area (Å²) in [7, 11) is 1.67. The molecule has 1 heterocycles. The van der Waals surface area contributed by atoms with Crippen LogP contribution >= 0.6 is 0 Å². The van der Waals surface area contributed by atoms with E-state index in [1.54, 1.807) is 13.2 Å². The zero-order valence-electron chi connectivity index (χ0n) is 15.3. The van der Waals surface area contributed by atoms with Crippen molar-refractivity contribution >= 4 is 5.71 Å². The molecule has 0 radical (unpaired) electrons. The molecular weight excluding hydrogens is 312 g/mol. The van der Waals surface area contributed by atoms with Gasteiger partial charge in [0.25, 0.3) is 0 Å². The summed E-state index contributed by atoms with van der Waals surface area (Å²) in [5.41, 5.74) is 2.60. The van der Waals surface area contributed by atoms with Crippen LogP contribution in [0.4, 0.5) is 0 Å². The molecule has 0 saturated heterocycles. The number of hydrogen-bond donors (Lipinski definition) is 2. The molecular formula is C21H26N2O2. The average molecular weight is 338 g/mol. The van der Waals surface area contributed by atoms with E-state index in [0.29, 0.717) is 18.1 Å². The molecule has 0 aromatic heterocycles. The summed E-state index contributed by atoms with van der Waals surface area (Å²) in [6, 6.07) is 15.5. The fraction of sp³-hybridized carbons (Fsp3) is 0.381. The number of aliphatic imine (C=N–C) groups is 1. The standard InChI is InChI=1S/C21H26N2O2/c1-14(2)21(3)22-18(15-8-7-9-16(12-15)25-4)13-19(23-21)17-10-5-6-11-20(17)24/h5-12,14,19,23-24H,13H2,1-4H3. The molecule has 0 bridgehead atoms. The van der Waals surface area contributed by atoms with E-state index < -0.39 is 5.66 Å². The minimum absolute atomic E-state index is 0.00676. The van der Waals surface area contributed by atoms with Crippen molar-refractivity contribution in [3.05, 3.63) is 59.7 Å². The first-order valence-electron chi connectivity index (χ1n) is 8.71. The van der Waals surface area contributed by atoms with Crippen molar-refractivity contribution in [2.24, 2.45) is 10.9 Å². The quantitative estimate of drug-likeness (QED) is 0.874. The van der Waals surface area contributed by atoms with Crippen molar-refractivity contribution in [2.75, 3.05) is 7.11 Å². The van der Waals surface area contributed by atoms with Gasteiger partial charge in [-0.25, -0.2) is 0 Å². The smallest absolute Gasteiger partial charge is 0.120 e. The van der Waals surface area contributed by atoms with Crippen LogP contribution in [0.25, 0.3) is 0 Å². The second-order valence-electron chi connectivity index (χ2n) is 7.05. The summed E-state index contributed by atoms with van der Waals surface area (Å²) in [6.07, 6.45) is 0.715. The van der Waals surface area contributed by atoms with Crippen molar-refractivity contribution in [2.45, 2.75) is 38.9 Å². The molecule has 0 fully saturated rings. The number of ether oxygens (including phenoxy) is 1. The molecule has 4 nitrogen and oxygen atoms in total. The van der Waals surface area contributed by atoms with Crippen LogP contribution in [0, 0.1) is 5.92 Å². The fourth-order valence-electron chi connectivity index (χ4n) is 3.21. The van der Waals surface area contributed by atoms with E-state index in [1.165, 1.54) is 0 Å². The van der Waals surface area contributed by atoms with Crippen molar-refractivity contribution < 1.29 is 9.84 Å². The predicted octanol–water partition coefficient (Wildman–Crippen LogP) is 4.30. The maximum atomic E-state index is 10.3. The number of phenols is 1. The minimum Gasteiger partial charge on any atom is -0.508 e. The lowest BCUT2D eigenvalue weighted by Crippen LogP contribution is -2.51. The number of phenolic OH excluding ortho intramolecular Hbond substituents is 1. The van der Waals surface area contributed by atoms with Crippen LogP contribution in [0.15, 0.2) is 53.5 Å². The Morgan fingerprint density at radius 3 is 2.64 bits per heavy atom. The van der Waals surface area contributed by atoms with Crippen LogP contribution in [-0.2, 0) is 0 Å². The highest BCUT2D eigenvalue weighted by Gasteiger charge is 2.36. The summed E-state index contributed by atoms with van der Waals surface area (Å²) < 4.78 is 5.37. The zero-order chi connectivity index (χ0) is 18.0. The Bertz CT molecular complexity index is 785. The molecule has 2 N–H and O–H groups in total. The van der Waals surface area contributed by atoms with E-state index in [1.807, 2.05) is 36.4 Å². The highest BCUT2D eigenvalue weighted by molar-refractivity contribution is 6.02. The molecule has 25 heavy (non-hydrogen) atoms. The van der Waals surface area contributed by atoms with Crippen LogP contribution in [0.5, 0.6) is 11.5 Å². The lowest BCUT2D eigenvalue weighted by atomic mass is 9.88. The lowest BCUT2D eigenvalue weighted by Gasteiger charge is -2.40. The van der Waals surface area contributed by atoms with E-state index in [4.69, 9.17) is 9.73 Å². The van der Waals surface area contributed by atoms with E-state index in [0.717, 1.165) is 22.6 Å². The zero-order valence-corrected chi connectivity index (χ0v) is 15.3. The van der Waals surface area contributed by atoms with Crippen LogP contribution < -0.4 is 10.1 Å². The molecule has 132 valence electrons. The van der Waals surface area contributed by atoms with Crippen molar-refractivity contribution in [3.8, 4) is 11.5 Å². The highest BCUT2D eigenvalue weighted by atomic mass is 16.5. The summed E-state index contributed by atoms with van der Waals surface area (Å²) >= 11 is 0. The average Bonchev–Trinajstić information content (AvgIpc) is 2.61. The number of para-hydroxylation sites is 1. The number of nitrogens with one attached hydrogen (secondary N) is 1. The number of benzene rings is 2.